The SMILES string of the molecule is O=c1ccn(C2OC(COP(=S)(S)OP(=O)(O)OP(=O)(O)O)C(O)C2O)c(=O)[nH]1. The first kappa shape index (κ1) is 25.0. The number of nitrogens with zero attached hydrogens (tertiary/aromatic N) is 1. The largest absolute Gasteiger partial charge is 0.487 e. The summed E-state index contributed by atoms with van der Waals surface area (Å²) in [5.74, 6) is 0. The summed E-state index contributed by atoms with van der Waals surface area (Å²) < 4.78 is 41.2. The quantitative estimate of drug-likeness (QED) is 0.155. The van der Waals surface area contributed by atoms with Crippen molar-refractivity contribution in [3.8, 4) is 0 Å². The fourth-order valence-electron chi connectivity index (χ4n) is 2.20. The van der Waals surface area contributed by atoms with E-state index in [1.807, 2.05) is 4.98 Å². The number of aromatic amines is 1. The maximum absolute atomic E-state index is 11.8. The molecule has 0 aromatic carbocycles. The molecule has 0 bridgehead atoms. The number of aliphatic hydroxyl groups is 2. The molecule has 2 rings (SSSR count). The Morgan fingerprint density at radius 3 is 2.38 bits per heavy atom. The molecule has 1 aliphatic heterocycles. The molecule has 1 aromatic heterocycles. The Morgan fingerprint density at radius 1 is 1.21 bits per heavy atom. The van der Waals surface area contributed by atoms with Gasteiger partial charge < -0.3 is 34.2 Å². The molecule has 0 radical (unpaired) electrons. The Kier molecular flexibility index (Phi) is 7.86. The second-order valence-corrected chi connectivity index (χ2v) is 13.7. The van der Waals surface area contributed by atoms with Crippen LogP contribution in [-0.4, -0.2) is 59.4 Å². The molecule has 2 heterocycles. The first-order valence-electron chi connectivity index (χ1n) is 7.22. The Morgan fingerprint density at radius 2 is 1.83 bits per heavy atom. The number of nitrogens with one attached hydrogen (secondary N) is 1. The number of hydrogen-bond donors (Lipinski definition) is 7. The topological polar surface area (TPSA) is 227 Å². The van der Waals surface area contributed by atoms with Crippen LogP contribution in [0.4, 0.5) is 0 Å². The molecule has 6 atom stereocenters. The van der Waals surface area contributed by atoms with Crippen LogP contribution in [0.1, 0.15) is 6.23 Å². The predicted octanol–water partition coefficient (Wildman–Crippen LogP) is -1.45. The minimum Gasteiger partial charge on any atom is -0.387 e. The first-order chi connectivity index (χ1) is 13.1. The lowest BCUT2D eigenvalue weighted by molar-refractivity contribution is -0.0510. The zero-order valence-electron chi connectivity index (χ0n) is 13.8. The van der Waals surface area contributed by atoms with Gasteiger partial charge in [0.15, 0.2) is 6.23 Å². The summed E-state index contributed by atoms with van der Waals surface area (Å²) in [5.41, 5.74) is -5.57. The molecule has 0 saturated carbocycles. The number of thiol groups is 1. The third-order valence-corrected chi connectivity index (χ3v) is 9.00. The van der Waals surface area contributed by atoms with Crippen LogP contribution in [0.2, 0.25) is 0 Å². The van der Waals surface area contributed by atoms with Gasteiger partial charge in [0, 0.05) is 12.3 Å². The van der Waals surface area contributed by atoms with Crippen LogP contribution in [-0.2, 0) is 38.8 Å². The van der Waals surface area contributed by atoms with E-state index in [4.69, 9.17) is 30.9 Å². The highest BCUT2D eigenvalue weighted by Gasteiger charge is 2.45. The Bertz CT molecular complexity index is 1010. The van der Waals surface area contributed by atoms with E-state index in [0.717, 1.165) is 16.8 Å². The van der Waals surface area contributed by atoms with Gasteiger partial charge in [0.05, 0.1) is 6.61 Å². The lowest BCUT2D eigenvalue weighted by atomic mass is 10.1. The van der Waals surface area contributed by atoms with Crippen molar-refractivity contribution in [1.82, 2.24) is 9.55 Å². The van der Waals surface area contributed by atoms with Gasteiger partial charge in [-0.2, -0.15) is 4.31 Å². The number of H-pyrrole nitrogens is 1. The number of rotatable bonds is 8. The smallest absolute Gasteiger partial charge is 0.387 e. The Hall–Kier alpha value is -0.220. The van der Waals surface area contributed by atoms with Crippen LogP contribution in [0, 0.1) is 0 Å². The molecule has 166 valence electrons. The second kappa shape index (κ2) is 9.10. The van der Waals surface area contributed by atoms with Crippen molar-refractivity contribution < 1.29 is 51.9 Å². The van der Waals surface area contributed by atoms with Crippen molar-refractivity contribution >= 4 is 45.4 Å². The molecule has 1 fully saturated rings. The zero-order chi connectivity index (χ0) is 22.2. The molecule has 1 saturated heterocycles. The molecule has 20 heteroatoms. The van der Waals surface area contributed by atoms with Gasteiger partial charge in [-0.1, -0.05) is 12.2 Å². The summed E-state index contributed by atoms with van der Waals surface area (Å²) in [5, 5.41) is 20.1. The summed E-state index contributed by atoms with van der Waals surface area (Å²) in [7, 11) is -10.7. The number of ether oxygens (including phenoxy) is 1. The first-order valence-corrected chi connectivity index (χ1v) is 14.0. The lowest BCUT2D eigenvalue weighted by Gasteiger charge is -2.22. The van der Waals surface area contributed by atoms with Crippen molar-refractivity contribution in [3.05, 3.63) is 33.1 Å². The molecule has 0 spiro atoms. The third-order valence-electron chi connectivity index (χ3n) is 3.28. The van der Waals surface area contributed by atoms with Crippen molar-refractivity contribution in [2.75, 3.05) is 6.61 Å². The Labute approximate surface area is 171 Å². The summed E-state index contributed by atoms with van der Waals surface area (Å²) in [6.07, 6.45) is -4.96. The molecule has 0 amide bonds. The van der Waals surface area contributed by atoms with Crippen LogP contribution in [0.3, 0.4) is 0 Å². The molecular formula is C9H15N2O13P3S2. The summed E-state index contributed by atoms with van der Waals surface area (Å²) in [6, 6.07) is 0.981. The molecule has 6 unspecified atom stereocenters. The van der Waals surface area contributed by atoms with Gasteiger partial charge in [-0.3, -0.25) is 14.3 Å². The summed E-state index contributed by atoms with van der Waals surface area (Å²) in [4.78, 5) is 51.2. The Balaban J connectivity index is 2.06. The van der Waals surface area contributed by atoms with Crippen LogP contribution in [0.25, 0.3) is 0 Å². The highest BCUT2D eigenvalue weighted by molar-refractivity contribution is 8.60. The van der Waals surface area contributed by atoms with Crippen LogP contribution in [0.5, 0.6) is 0 Å². The molecule has 29 heavy (non-hydrogen) atoms. The van der Waals surface area contributed by atoms with Gasteiger partial charge >= 0.3 is 21.3 Å². The standard InChI is InChI=1S/C9H15N2O13P3S2/c12-5-1-2-11(9(15)10-5)8-7(14)6(13)4(22-8)3-21-27(28,29)24-26(19,20)23-25(16,17)18/h1-2,4,6-8,13-14H,3H2,(H,19,20)(H,28,29)(H,10,12,15)(H2,16,17,18). The van der Waals surface area contributed by atoms with Gasteiger partial charge in [0.1, 0.15) is 18.3 Å². The highest BCUT2D eigenvalue weighted by Crippen LogP contribution is 2.69. The average Bonchev–Trinajstić information content (AvgIpc) is 2.78. The maximum atomic E-state index is 11.8. The maximum Gasteiger partial charge on any atom is 0.487 e. The van der Waals surface area contributed by atoms with Crippen LogP contribution in [0.15, 0.2) is 21.9 Å². The molecule has 6 N–H and O–H groups in total. The van der Waals surface area contributed by atoms with E-state index in [-0.39, 0.29) is 0 Å². The van der Waals surface area contributed by atoms with Crippen molar-refractivity contribution in [2.24, 2.45) is 0 Å². The van der Waals surface area contributed by atoms with E-state index >= 15 is 0 Å². The second-order valence-electron chi connectivity index (χ2n) is 5.45. The predicted molar refractivity (Wildman–Crippen MR) is 101 cm³/mol. The molecule has 1 aliphatic rings. The minimum absolute atomic E-state index is 0.663. The lowest BCUT2D eigenvalue weighted by Crippen LogP contribution is -2.37. The van der Waals surface area contributed by atoms with E-state index in [1.54, 1.807) is 0 Å². The monoisotopic (exact) mass is 516 g/mol. The fourth-order valence-corrected chi connectivity index (χ4v) is 7.20. The molecule has 1 aromatic rings. The van der Waals surface area contributed by atoms with E-state index in [9.17, 15) is 33.8 Å². The average molecular weight is 516 g/mol. The van der Waals surface area contributed by atoms with Crippen molar-refractivity contribution in [3.63, 3.8) is 0 Å². The van der Waals surface area contributed by atoms with Gasteiger partial charge in [0.2, 0.25) is 0 Å². The highest BCUT2D eigenvalue weighted by atomic mass is 32.9. The molecule has 0 aliphatic carbocycles. The van der Waals surface area contributed by atoms with Gasteiger partial charge in [-0.15, -0.1) is 0 Å². The van der Waals surface area contributed by atoms with E-state index in [0.29, 0.717) is 0 Å². The van der Waals surface area contributed by atoms with Crippen LogP contribution >= 0.6 is 33.6 Å². The van der Waals surface area contributed by atoms with Gasteiger partial charge in [0.25, 0.3) is 11.3 Å². The van der Waals surface area contributed by atoms with Gasteiger partial charge in [-0.05, 0) is 11.8 Å². The van der Waals surface area contributed by atoms with Gasteiger partial charge in [-0.25, -0.2) is 18.2 Å². The number of hydrogen-bond acceptors (Lipinski definition) is 11. The van der Waals surface area contributed by atoms with E-state index in [1.165, 1.54) is 0 Å². The fraction of sp³-hybridized carbons (Fsp3) is 0.556. The van der Waals surface area contributed by atoms with Crippen LogP contribution < -0.4 is 11.2 Å². The van der Waals surface area contributed by atoms with E-state index < -0.39 is 63.7 Å². The zero-order valence-corrected chi connectivity index (χ0v) is 18.2. The number of phosphoric acid groups is 2. The number of aromatic nitrogens is 2. The molecule has 15 nitrogen and oxygen atoms in total. The minimum atomic E-state index is -5.39. The van der Waals surface area contributed by atoms with Crippen molar-refractivity contribution in [2.45, 2.75) is 24.5 Å². The number of aliphatic hydroxyl groups excluding tert-OH is 2. The molecular weight excluding hydrogens is 501 g/mol. The van der Waals surface area contributed by atoms with E-state index in [2.05, 4.69) is 20.9 Å². The summed E-state index contributed by atoms with van der Waals surface area (Å²) in [6.45, 7) is -0.663. The normalized spacial score (nSPS) is 29.3. The van der Waals surface area contributed by atoms with Crippen molar-refractivity contribution in [1.29, 1.82) is 0 Å². The summed E-state index contributed by atoms with van der Waals surface area (Å²) >= 11 is 8.41. The third kappa shape index (κ3) is 7.16.